The SMILES string of the molecule is CC(=NO)[C@@H](C)N(O)[C@@H](C)C(C)=NO. The maximum Gasteiger partial charge on any atom is 0.0741 e. The highest BCUT2D eigenvalue weighted by Crippen LogP contribution is 2.05. The average molecular weight is 203 g/mol. The number of hydroxylamine groups is 2. The Morgan fingerprint density at radius 3 is 1.50 bits per heavy atom. The zero-order chi connectivity index (χ0) is 11.3. The van der Waals surface area contributed by atoms with E-state index in [0.29, 0.717) is 11.4 Å². The molecule has 6 nitrogen and oxygen atoms in total. The van der Waals surface area contributed by atoms with E-state index in [1.54, 1.807) is 27.7 Å². The first-order valence-electron chi connectivity index (χ1n) is 4.30. The van der Waals surface area contributed by atoms with Crippen molar-refractivity contribution in [3.8, 4) is 0 Å². The summed E-state index contributed by atoms with van der Waals surface area (Å²) in [5.41, 5.74) is 0.759. The van der Waals surface area contributed by atoms with E-state index in [2.05, 4.69) is 10.3 Å². The molecular formula is C8H17N3O3. The predicted octanol–water partition coefficient (Wildman–Crippen LogP) is 1.15. The van der Waals surface area contributed by atoms with Crippen molar-refractivity contribution in [3.05, 3.63) is 0 Å². The molecule has 0 amide bonds. The molecular weight excluding hydrogens is 186 g/mol. The zero-order valence-electron chi connectivity index (χ0n) is 8.84. The zero-order valence-corrected chi connectivity index (χ0v) is 8.84. The first-order chi connectivity index (χ1) is 6.45. The maximum atomic E-state index is 9.64. The predicted molar refractivity (Wildman–Crippen MR) is 52.3 cm³/mol. The van der Waals surface area contributed by atoms with E-state index in [4.69, 9.17) is 10.4 Å². The molecule has 3 N–H and O–H groups in total. The standard InChI is InChI=1S/C8H17N3O3/c1-5(9-12)7(3)11(14)8(4)6(2)10-13/h7-8,12-14H,1-4H3/t7-,8+. The maximum absolute atomic E-state index is 9.64. The number of rotatable bonds is 4. The van der Waals surface area contributed by atoms with Gasteiger partial charge in [-0.15, -0.1) is 0 Å². The average Bonchev–Trinajstić information content (AvgIpc) is 2.23. The topological polar surface area (TPSA) is 88.7 Å². The molecule has 0 saturated heterocycles. The van der Waals surface area contributed by atoms with Crippen LogP contribution in [0, 0.1) is 0 Å². The Morgan fingerprint density at radius 1 is 1.00 bits per heavy atom. The summed E-state index contributed by atoms with van der Waals surface area (Å²) in [6.07, 6.45) is 0. The molecule has 0 aromatic heterocycles. The van der Waals surface area contributed by atoms with Crippen molar-refractivity contribution in [2.45, 2.75) is 39.8 Å². The highest BCUT2D eigenvalue weighted by Gasteiger charge is 2.22. The van der Waals surface area contributed by atoms with E-state index in [1.165, 1.54) is 0 Å². The third-order valence-corrected chi connectivity index (χ3v) is 2.32. The Morgan fingerprint density at radius 2 is 1.29 bits per heavy atom. The molecule has 0 bridgehead atoms. The molecule has 0 spiro atoms. The molecule has 0 rings (SSSR count). The second kappa shape index (κ2) is 5.56. The van der Waals surface area contributed by atoms with Crippen molar-refractivity contribution in [1.29, 1.82) is 0 Å². The van der Waals surface area contributed by atoms with Gasteiger partial charge < -0.3 is 15.6 Å². The van der Waals surface area contributed by atoms with Crippen LogP contribution < -0.4 is 0 Å². The lowest BCUT2D eigenvalue weighted by atomic mass is 10.1. The van der Waals surface area contributed by atoms with Gasteiger partial charge in [-0.1, -0.05) is 10.3 Å². The fourth-order valence-electron chi connectivity index (χ4n) is 0.885. The Hall–Kier alpha value is -1.14. The van der Waals surface area contributed by atoms with E-state index in [9.17, 15) is 5.21 Å². The van der Waals surface area contributed by atoms with Gasteiger partial charge in [0.25, 0.3) is 0 Å². The summed E-state index contributed by atoms with van der Waals surface area (Å²) in [6, 6.07) is -0.876. The molecule has 0 aliphatic rings. The van der Waals surface area contributed by atoms with E-state index in [0.717, 1.165) is 5.06 Å². The molecule has 0 heterocycles. The smallest absolute Gasteiger partial charge is 0.0741 e. The number of oxime groups is 2. The van der Waals surface area contributed by atoms with Gasteiger partial charge in [-0.05, 0) is 27.7 Å². The minimum atomic E-state index is -0.438. The molecule has 0 aromatic carbocycles. The van der Waals surface area contributed by atoms with Crippen molar-refractivity contribution in [2.24, 2.45) is 10.3 Å². The summed E-state index contributed by atoms with van der Waals surface area (Å²) in [5.74, 6) is 0. The molecule has 6 heteroatoms. The van der Waals surface area contributed by atoms with Crippen molar-refractivity contribution < 1.29 is 15.6 Å². The fraction of sp³-hybridized carbons (Fsp3) is 0.750. The first-order valence-corrected chi connectivity index (χ1v) is 4.30. The summed E-state index contributed by atoms with van der Waals surface area (Å²) < 4.78 is 0. The third kappa shape index (κ3) is 2.97. The van der Waals surface area contributed by atoms with Crippen LogP contribution in [0.5, 0.6) is 0 Å². The lowest BCUT2D eigenvalue weighted by Crippen LogP contribution is -2.44. The van der Waals surface area contributed by atoms with E-state index in [1.807, 2.05) is 0 Å². The van der Waals surface area contributed by atoms with Gasteiger partial charge in [0.1, 0.15) is 0 Å². The van der Waals surface area contributed by atoms with Gasteiger partial charge in [-0.2, -0.15) is 5.06 Å². The van der Waals surface area contributed by atoms with Crippen LogP contribution in [0.3, 0.4) is 0 Å². The summed E-state index contributed by atoms with van der Waals surface area (Å²) in [5, 5.41) is 33.6. The van der Waals surface area contributed by atoms with E-state index in [-0.39, 0.29) is 0 Å². The van der Waals surface area contributed by atoms with Crippen LogP contribution in [0.25, 0.3) is 0 Å². The molecule has 2 atom stereocenters. The van der Waals surface area contributed by atoms with Crippen molar-refractivity contribution in [1.82, 2.24) is 5.06 Å². The fourth-order valence-corrected chi connectivity index (χ4v) is 0.885. The summed E-state index contributed by atoms with van der Waals surface area (Å²) >= 11 is 0. The van der Waals surface area contributed by atoms with Crippen LogP contribution >= 0.6 is 0 Å². The van der Waals surface area contributed by atoms with Gasteiger partial charge in [0.2, 0.25) is 0 Å². The molecule has 14 heavy (non-hydrogen) atoms. The largest absolute Gasteiger partial charge is 0.411 e. The van der Waals surface area contributed by atoms with Crippen LogP contribution in [-0.2, 0) is 0 Å². The van der Waals surface area contributed by atoms with Crippen LogP contribution in [0.1, 0.15) is 27.7 Å². The lowest BCUT2D eigenvalue weighted by molar-refractivity contribution is -0.116. The highest BCUT2D eigenvalue weighted by molar-refractivity contribution is 5.89. The van der Waals surface area contributed by atoms with Crippen LogP contribution in [-0.4, -0.2) is 44.2 Å². The highest BCUT2D eigenvalue weighted by atomic mass is 16.5. The van der Waals surface area contributed by atoms with Crippen molar-refractivity contribution in [2.75, 3.05) is 0 Å². The Bertz CT molecular complexity index is 216. The Kier molecular flexibility index (Phi) is 5.11. The third-order valence-electron chi connectivity index (χ3n) is 2.32. The van der Waals surface area contributed by atoms with Crippen LogP contribution in [0.15, 0.2) is 10.3 Å². The molecule has 0 fully saturated rings. The van der Waals surface area contributed by atoms with Gasteiger partial charge in [-0.25, -0.2) is 0 Å². The summed E-state index contributed by atoms with van der Waals surface area (Å²) in [4.78, 5) is 0. The minimum absolute atomic E-state index is 0.380. The molecule has 0 saturated carbocycles. The minimum Gasteiger partial charge on any atom is -0.411 e. The summed E-state index contributed by atoms with van der Waals surface area (Å²) in [7, 11) is 0. The molecule has 0 aromatic rings. The Balaban J connectivity index is 4.54. The van der Waals surface area contributed by atoms with Gasteiger partial charge >= 0.3 is 0 Å². The van der Waals surface area contributed by atoms with Gasteiger partial charge in [0.05, 0.1) is 23.5 Å². The lowest BCUT2D eigenvalue weighted by Gasteiger charge is -2.27. The molecule has 0 aliphatic carbocycles. The molecule has 0 unspecified atom stereocenters. The summed E-state index contributed by atoms with van der Waals surface area (Å²) in [6.45, 7) is 6.53. The molecule has 0 radical (unpaired) electrons. The van der Waals surface area contributed by atoms with Crippen molar-refractivity contribution in [3.63, 3.8) is 0 Å². The monoisotopic (exact) mass is 203 g/mol. The molecule has 0 aliphatic heterocycles. The van der Waals surface area contributed by atoms with Crippen molar-refractivity contribution >= 4 is 11.4 Å². The van der Waals surface area contributed by atoms with Crippen LogP contribution in [0.4, 0.5) is 0 Å². The first kappa shape index (κ1) is 12.9. The number of hydrogen-bond acceptors (Lipinski definition) is 6. The quantitative estimate of drug-likeness (QED) is 0.363. The van der Waals surface area contributed by atoms with E-state index >= 15 is 0 Å². The second-order valence-corrected chi connectivity index (χ2v) is 3.21. The Labute approximate surface area is 83.1 Å². The number of hydrogen-bond donors (Lipinski definition) is 3. The van der Waals surface area contributed by atoms with Gasteiger partial charge in [-0.3, -0.25) is 0 Å². The van der Waals surface area contributed by atoms with E-state index < -0.39 is 12.1 Å². The van der Waals surface area contributed by atoms with Gasteiger partial charge in [0, 0.05) is 0 Å². The normalized spacial score (nSPS) is 18.4. The molecule has 82 valence electrons. The van der Waals surface area contributed by atoms with Gasteiger partial charge in [0.15, 0.2) is 0 Å². The second-order valence-electron chi connectivity index (χ2n) is 3.21. The number of nitrogens with zero attached hydrogens (tertiary/aromatic N) is 3. The van der Waals surface area contributed by atoms with Crippen LogP contribution in [0.2, 0.25) is 0 Å².